The van der Waals surface area contributed by atoms with Crippen molar-refractivity contribution >= 4 is 44.1 Å². The fourth-order valence-corrected chi connectivity index (χ4v) is 5.40. The van der Waals surface area contributed by atoms with Crippen molar-refractivity contribution in [3.63, 3.8) is 0 Å². The molecule has 3 heterocycles. The van der Waals surface area contributed by atoms with E-state index >= 15 is 0 Å². The van der Waals surface area contributed by atoms with E-state index in [9.17, 15) is 8.42 Å². The number of nitrogens with two attached hydrogens (primary N) is 1. The zero-order valence-electron chi connectivity index (χ0n) is 17.4. The van der Waals surface area contributed by atoms with Crippen LogP contribution in [0.15, 0.2) is 80.2 Å². The number of rotatable bonds is 4. The molecule has 160 valence electrons. The Balaban J connectivity index is 1.85. The molecule has 0 unspecified atom stereocenters. The number of anilines is 1. The van der Waals surface area contributed by atoms with Gasteiger partial charge in [0.25, 0.3) is 0 Å². The number of sulfone groups is 1. The van der Waals surface area contributed by atoms with Gasteiger partial charge in [-0.3, -0.25) is 0 Å². The number of benzene rings is 2. The molecular formula is C23H19N5O3S. The lowest BCUT2D eigenvalue weighted by molar-refractivity contribution is 0.559. The Kier molecular flexibility index (Phi) is 4.56. The highest BCUT2D eigenvalue weighted by Crippen LogP contribution is 2.36. The van der Waals surface area contributed by atoms with Gasteiger partial charge in [0.2, 0.25) is 9.84 Å². The largest absolute Gasteiger partial charge is 0.463 e. The maximum absolute atomic E-state index is 13.8. The Morgan fingerprint density at radius 3 is 2.50 bits per heavy atom. The van der Waals surface area contributed by atoms with Crippen LogP contribution in [0.25, 0.3) is 22.2 Å². The average Bonchev–Trinajstić information content (AvgIpc) is 3.38. The normalized spacial score (nSPS) is 12.3. The summed E-state index contributed by atoms with van der Waals surface area (Å²) in [5.41, 5.74) is 9.40. The van der Waals surface area contributed by atoms with Gasteiger partial charge in [0, 0.05) is 0 Å². The highest BCUT2D eigenvalue weighted by molar-refractivity contribution is 7.92. The van der Waals surface area contributed by atoms with Crippen LogP contribution >= 0.6 is 0 Å². The Morgan fingerprint density at radius 1 is 1.03 bits per heavy atom. The number of nitrogen functional groups attached to an aromatic ring is 1. The molecule has 0 amide bonds. The van der Waals surface area contributed by atoms with Crippen molar-refractivity contribution in [3.8, 4) is 0 Å². The van der Waals surface area contributed by atoms with E-state index in [4.69, 9.17) is 10.2 Å². The van der Waals surface area contributed by atoms with Crippen LogP contribution in [0.3, 0.4) is 0 Å². The average molecular weight is 446 g/mol. The van der Waals surface area contributed by atoms with Crippen LogP contribution in [0.1, 0.15) is 16.9 Å². The first kappa shape index (κ1) is 20.0. The molecule has 8 nitrogen and oxygen atoms in total. The molecule has 0 aliphatic heterocycles. The summed E-state index contributed by atoms with van der Waals surface area (Å²) in [5.74, 6) is 0.415. The molecule has 5 aromatic rings. The Hall–Kier alpha value is -3.98. The summed E-state index contributed by atoms with van der Waals surface area (Å²) in [5, 5.41) is 4.36. The third kappa shape index (κ3) is 3.14. The van der Waals surface area contributed by atoms with Gasteiger partial charge in [-0.2, -0.15) is 9.78 Å². The molecule has 0 saturated heterocycles. The minimum absolute atomic E-state index is 0.0704. The molecule has 0 saturated carbocycles. The molecule has 0 spiro atoms. The summed E-state index contributed by atoms with van der Waals surface area (Å²) in [7, 11) is -4.02. The second-order valence-corrected chi connectivity index (χ2v) is 9.30. The number of hydrogen-bond donors (Lipinski definition) is 1. The van der Waals surface area contributed by atoms with Gasteiger partial charge in [0.1, 0.15) is 22.0 Å². The fourth-order valence-electron chi connectivity index (χ4n) is 3.59. The van der Waals surface area contributed by atoms with Crippen molar-refractivity contribution < 1.29 is 12.8 Å². The quantitative estimate of drug-likeness (QED) is 0.417. The second-order valence-electron chi connectivity index (χ2n) is 7.44. The molecule has 9 heteroatoms. The first-order valence-electron chi connectivity index (χ1n) is 9.83. The molecule has 5 rings (SSSR count). The predicted octanol–water partition coefficient (Wildman–Crippen LogP) is 4.09. The van der Waals surface area contributed by atoms with Crippen LogP contribution in [0, 0.1) is 13.8 Å². The van der Waals surface area contributed by atoms with Gasteiger partial charge in [-0.05, 0) is 55.3 Å². The summed E-state index contributed by atoms with van der Waals surface area (Å²) in [6, 6.07) is 15.9. The number of para-hydroxylation sites is 2. The minimum Gasteiger partial charge on any atom is -0.463 e. The Bertz CT molecular complexity index is 1620. The standard InChI is InChI=1S/C23H19N5O3S/c1-14-9-10-15(2)19(12-14)32(29,30)21-20-23(27-18-8-4-3-7-17(18)26-20)28(22(21)24)25-13-16-6-5-11-31-16/h3-13H,24H2,1-2H3/b25-13-. The van der Waals surface area contributed by atoms with Crippen molar-refractivity contribution in [2.24, 2.45) is 5.10 Å². The number of fused-ring (bicyclic) bond motifs is 2. The molecule has 3 aromatic heterocycles. The van der Waals surface area contributed by atoms with Crippen molar-refractivity contribution in [2.45, 2.75) is 23.6 Å². The number of aryl methyl sites for hydroxylation is 2. The van der Waals surface area contributed by atoms with Crippen molar-refractivity contribution in [1.29, 1.82) is 0 Å². The van der Waals surface area contributed by atoms with E-state index in [1.54, 1.807) is 43.3 Å². The van der Waals surface area contributed by atoms with E-state index in [2.05, 4.69) is 15.1 Å². The Labute approximate surface area is 183 Å². The lowest BCUT2D eigenvalue weighted by atomic mass is 10.2. The first-order valence-corrected chi connectivity index (χ1v) is 11.3. The van der Waals surface area contributed by atoms with Gasteiger partial charge in [-0.15, -0.1) is 0 Å². The van der Waals surface area contributed by atoms with Crippen molar-refractivity contribution in [3.05, 3.63) is 77.7 Å². The molecule has 0 aliphatic carbocycles. The zero-order valence-corrected chi connectivity index (χ0v) is 18.2. The van der Waals surface area contributed by atoms with E-state index in [1.807, 2.05) is 25.1 Å². The van der Waals surface area contributed by atoms with Crippen LogP contribution in [-0.2, 0) is 9.84 Å². The molecule has 0 atom stereocenters. The topological polar surface area (TPSA) is 116 Å². The van der Waals surface area contributed by atoms with E-state index in [0.29, 0.717) is 22.4 Å². The van der Waals surface area contributed by atoms with E-state index in [0.717, 1.165) is 5.56 Å². The fraction of sp³-hybridized carbons (Fsp3) is 0.0870. The van der Waals surface area contributed by atoms with Crippen molar-refractivity contribution in [1.82, 2.24) is 14.6 Å². The molecule has 2 N–H and O–H groups in total. The van der Waals surface area contributed by atoms with Gasteiger partial charge in [-0.1, -0.05) is 24.3 Å². The second kappa shape index (κ2) is 7.31. The zero-order chi connectivity index (χ0) is 22.5. The van der Waals surface area contributed by atoms with E-state index in [-0.39, 0.29) is 26.8 Å². The molecule has 0 radical (unpaired) electrons. The van der Waals surface area contributed by atoms with Gasteiger partial charge in [-0.25, -0.2) is 18.4 Å². The molecule has 0 fully saturated rings. The van der Waals surface area contributed by atoms with Crippen LogP contribution < -0.4 is 5.73 Å². The smallest absolute Gasteiger partial charge is 0.212 e. The maximum atomic E-state index is 13.8. The summed E-state index contributed by atoms with van der Waals surface area (Å²) in [6.45, 7) is 3.59. The van der Waals surface area contributed by atoms with Gasteiger partial charge >= 0.3 is 0 Å². The molecule has 32 heavy (non-hydrogen) atoms. The van der Waals surface area contributed by atoms with Gasteiger partial charge in [0.05, 0.1) is 28.4 Å². The molecule has 0 aliphatic rings. The monoisotopic (exact) mass is 445 g/mol. The highest BCUT2D eigenvalue weighted by Gasteiger charge is 2.31. The third-order valence-electron chi connectivity index (χ3n) is 5.17. The number of nitrogens with zero attached hydrogens (tertiary/aromatic N) is 4. The minimum atomic E-state index is -4.02. The predicted molar refractivity (Wildman–Crippen MR) is 123 cm³/mol. The van der Waals surface area contributed by atoms with Crippen LogP contribution in [-0.4, -0.2) is 29.3 Å². The molecular weight excluding hydrogens is 426 g/mol. The van der Waals surface area contributed by atoms with Crippen LogP contribution in [0.2, 0.25) is 0 Å². The first-order chi connectivity index (χ1) is 15.4. The summed E-state index contributed by atoms with van der Waals surface area (Å²) >= 11 is 0. The highest BCUT2D eigenvalue weighted by atomic mass is 32.2. The summed E-state index contributed by atoms with van der Waals surface area (Å²) in [6.07, 6.45) is 2.96. The summed E-state index contributed by atoms with van der Waals surface area (Å²) in [4.78, 5) is 9.29. The molecule has 2 aromatic carbocycles. The maximum Gasteiger partial charge on any atom is 0.212 e. The number of aromatic nitrogens is 3. The van der Waals surface area contributed by atoms with Crippen molar-refractivity contribution in [2.75, 3.05) is 5.73 Å². The Morgan fingerprint density at radius 2 is 1.78 bits per heavy atom. The molecule has 0 bridgehead atoms. The van der Waals surface area contributed by atoms with E-state index < -0.39 is 9.84 Å². The lowest BCUT2D eigenvalue weighted by Gasteiger charge is -2.09. The van der Waals surface area contributed by atoms with Gasteiger partial charge in [0.15, 0.2) is 5.65 Å². The number of hydrogen-bond acceptors (Lipinski definition) is 7. The van der Waals surface area contributed by atoms with Crippen LogP contribution in [0.4, 0.5) is 5.82 Å². The summed E-state index contributed by atoms with van der Waals surface area (Å²) < 4.78 is 34.2. The number of furan rings is 1. The van der Waals surface area contributed by atoms with Gasteiger partial charge < -0.3 is 10.2 Å². The van der Waals surface area contributed by atoms with E-state index in [1.165, 1.54) is 17.2 Å². The third-order valence-corrected chi connectivity index (χ3v) is 7.13. The van der Waals surface area contributed by atoms with Crippen LogP contribution in [0.5, 0.6) is 0 Å². The lowest BCUT2D eigenvalue weighted by Crippen LogP contribution is -2.08. The SMILES string of the molecule is Cc1ccc(C)c(S(=O)(=O)c2c(N)n(/N=C\c3ccco3)c3nc4ccccc4nc23)c1.